The van der Waals surface area contributed by atoms with Crippen LogP contribution in [0, 0.1) is 6.92 Å². The highest BCUT2D eigenvalue weighted by Gasteiger charge is 2.20. The van der Waals surface area contributed by atoms with Crippen LogP contribution >= 0.6 is 23.5 Å². The number of carbonyl (C=O) groups is 1. The number of rotatable bonds is 5. The number of thioether (sulfide) groups is 2. The first-order chi connectivity index (χ1) is 14.0. The predicted octanol–water partition coefficient (Wildman–Crippen LogP) is 2.05. The third kappa shape index (κ3) is 3.77. The van der Waals surface area contributed by atoms with Crippen molar-refractivity contribution in [2.45, 2.75) is 23.6 Å². The number of para-hydroxylation sites is 1. The second-order valence-corrected chi connectivity index (χ2v) is 8.51. The number of nitrogens with zero attached hydrogens (tertiary/aromatic N) is 3. The summed E-state index contributed by atoms with van der Waals surface area (Å²) >= 11 is 2.79. The second kappa shape index (κ2) is 7.96. The van der Waals surface area contributed by atoms with Gasteiger partial charge in [0.2, 0.25) is 5.91 Å². The average Bonchev–Trinajstić information content (AvgIpc) is 3.27. The zero-order valence-corrected chi connectivity index (χ0v) is 17.5. The molecule has 10 heteroatoms. The molecule has 0 radical (unpaired) electrons. The molecule has 0 saturated heterocycles. The SMILES string of the molecule is Cc1c(NC(=O)CSc2nc3c(c(=O)[nH]2)CSC3)c(=O)n(-c2ccccc2)n1C. The van der Waals surface area contributed by atoms with Crippen LogP contribution in [-0.2, 0) is 23.3 Å². The molecule has 1 amide bonds. The second-order valence-electron chi connectivity index (χ2n) is 6.56. The Morgan fingerprint density at radius 2 is 2.03 bits per heavy atom. The van der Waals surface area contributed by atoms with Gasteiger partial charge in [-0.2, -0.15) is 11.8 Å². The first-order valence-electron chi connectivity index (χ1n) is 8.92. The number of anilines is 1. The van der Waals surface area contributed by atoms with Gasteiger partial charge < -0.3 is 10.3 Å². The lowest BCUT2D eigenvalue weighted by Crippen LogP contribution is -2.23. The lowest BCUT2D eigenvalue weighted by Gasteiger charge is -2.07. The number of carbonyl (C=O) groups excluding carboxylic acids is 1. The summed E-state index contributed by atoms with van der Waals surface area (Å²) in [7, 11) is 1.77. The number of H-pyrrole nitrogens is 1. The van der Waals surface area contributed by atoms with Crippen LogP contribution < -0.4 is 16.4 Å². The van der Waals surface area contributed by atoms with Crippen LogP contribution in [0.4, 0.5) is 5.69 Å². The van der Waals surface area contributed by atoms with Crippen molar-refractivity contribution in [2.24, 2.45) is 7.05 Å². The van der Waals surface area contributed by atoms with Gasteiger partial charge in [-0.1, -0.05) is 30.0 Å². The Balaban J connectivity index is 1.50. The fourth-order valence-electron chi connectivity index (χ4n) is 3.13. The van der Waals surface area contributed by atoms with Gasteiger partial charge in [-0.15, -0.1) is 0 Å². The molecule has 150 valence electrons. The maximum Gasteiger partial charge on any atom is 0.295 e. The van der Waals surface area contributed by atoms with E-state index in [1.54, 1.807) is 30.4 Å². The minimum atomic E-state index is -0.335. The largest absolute Gasteiger partial charge is 0.319 e. The summed E-state index contributed by atoms with van der Waals surface area (Å²) in [5.74, 6) is 1.08. The monoisotopic (exact) mass is 429 g/mol. The van der Waals surface area contributed by atoms with Crippen molar-refractivity contribution in [3.8, 4) is 5.69 Å². The molecule has 4 rings (SSSR count). The molecule has 1 aliphatic heterocycles. The zero-order valence-electron chi connectivity index (χ0n) is 15.9. The van der Waals surface area contributed by atoms with Crippen LogP contribution in [-0.4, -0.2) is 31.0 Å². The Hall–Kier alpha value is -2.72. The Kier molecular flexibility index (Phi) is 5.37. The van der Waals surface area contributed by atoms with E-state index >= 15 is 0 Å². The maximum absolute atomic E-state index is 12.9. The van der Waals surface area contributed by atoms with Crippen molar-refractivity contribution in [1.29, 1.82) is 0 Å². The summed E-state index contributed by atoms with van der Waals surface area (Å²) in [6.07, 6.45) is 0. The molecule has 0 atom stereocenters. The number of nitrogens with one attached hydrogen (secondary N) is 2. The molecule has 0 fully saturated rings. The summed E-state index contributed by atoms with van der Waals surface area (Å²) in [6.45, 7) is 1.78. The highest BCUT2D eigenvalue weighted by molar-refractivity contribution is 7.99. The van der Waals surface area contributed by atoms with Crippen molar-refractivity contribution in [2.75, 3.05) is 11.1 Å². The topological polar surface area (TPSA) is 102 Å². The fraction of sp³-hybridized carbons (Fsp3) is 0.263. The molecule has 2 aromatic heterocycles. The predicted molar refractivity (Wildman–Crippen MR) is 115 cm³/mol. The van der Waals surface area contributed by atoms with Crippen LogP contribution in [0.3, 0.4) is 0 Å². The van der Waals surface area contributed by atoms with E-state index in [1.807, 2.05) is 30.3 Å². The first-order valence-corrected chi connectivity index (χ1v) is 11.1. The number of amides is 1. The summed E-state index contributed by atoms with van der Waals surface area (Å²) < 4.78 is 3.22. The Morgan fingerprint density at radius 3 is 2.79 bits per heavy atom. The highest BCUT2D eigenvalue weighted by Crippen LogP contribution is 2.26. The molecule has 0 unspecified atom stereocenters. The van der Waals surface area contributed by atoms with E-state index in [4.69, 9.17) is 0 Å². The lowest BCUT2D eigenvalue weighted by atomic mass is 10.3. The number of fused-ring (bicyclic) bond motifs is 1. The van der Waals surface area contributed by atoms with Gasteiger partial charge in [0.25, 0.3) is 11.1 Å². The number of aromatic amines is 1. The van der Waals surface area contributed by atoms with E-state index < -0.39 is 0 Å². The molecule has 0 bridgehead atoms. The normalized spacial score (nSPS) is 12.8. The maximum atomic E-state index is 12.9. The molecule has 29 heavy (non-hydrogen) atoms. The minimum absolute atomic E-state index is 0.0357. The number of hydrogen-bond acceptors (Lipinski definition) is 6. The van der Waals surface area contributed by atoms with E-state index in [0.29, 0.717) is 27.9 Å². The van der Waals surface area contributed by atoms with Crippen LogP contribution in [0.5, 0.6) is 0 Å². The Morgan fingerprint density at radius 1 is 1.28 bits per heavy atom. The molecule has 3 heterocycles. The Labute approximate surface area is 174 Å². The number of aromatic nitrogens is 4. The molecule has 1 aliphatic rings. The van der Waals surface area contributed by atoms with Gasteiger partial charge in [0.1, 0.15) is 5.69 Å². The van der Waals surface area contributed by atoms with Crippen molar-refractivity contribution in [3.05, 3.63) is 68.0 Å². The number of hydrogen-bond donors (Lipinski definition) is 2. The fourth-order valence-corrected chi connectivity index (χ4v) is 4.85. The van der Waals surface area contributed by atoms with Gasteiger partial charge >= 0.3 is 0 Å². The molecule has 2 N–H and O–H groups in total. The molecular weight excluding hydrogens is 410 g/mol. The molecule has 0 saturated carbocycles. The summed E-state index contributed by atoms with van der Waals surface area (Å²) in [6, 6.07) is 9.23. The van der Waals surface area contributed by atoms with E-state index in [-0.39, 0.29) is 28.5 Å². The molecule has 0 spiro atoms. The van der Waals surface area contributed by atoms with Crippen LogP contribution in [0.1, 0.15) is 17.0 Å². The lowest BCUT2D eigenvalue weighted by molar-refractivity contribution is -0.113. The molecule has 1 aromatic carbocycles. The van der Waals surface area contributed by atoms with Crippen molar-refractivity contribution in [3.63, 3.8) is 0 Å². The van der Waals surface area contributed by atoms with E-state index in [1.165, 1.54) is 4.68 Å². The first kappa shape index (κ1) is 19.6. The van der Waals surface area contributed by atoms with Gasteiger partial charge in [-0.3, -0.25) is 19.1 Å². The quantitative estimate of drug-likeness (QED) is 0.475. The van der Waals surface area contributed by atoms with Gasteiger partial charge in [0, 0.05) is 24.1 Å². The minimum Gasteiger partial charge on any atom is -0.319 e. The van der Waals surface area contributed by atoms with E-state index in [9.17, 15) is 14.4 Å². The van der Waals surface area contributed by atoms with Crippen LogP contribution in [0.2, 0.25) is 0 Å². The van der Waals surface area contributed by atoms with Gasteiger partial charge in [-0.25, -0.2) is 9.67 Å². The van der Waals surface area contributed by atoms with Crippen molar-refractivity contribution >= 4 is 35.1 Å². The summed E-state index contributed by atoms with van der Waals surface area (Å²) in [4.78, 5) is 44.5. The van der Waals surface area contributed by atoms with Crippen molar-refractivity contribution < 1.29 is 4.79 Å². The van der Waals surface area contributed by atoms with Crippen molar-refractivity contribution in [1.82, 2.24) is 19.3 Å². The van der Waals surface area contributed by atoms with Gasteiger partial charge in [0.05, 0.1) is 22.8 Å². The van der Waals surface area contributed by atoms with Gasteiger partial charge in [0.15, 0.2) is 5.16 Å². The highest BCUT2D eigenvalue weighted by atomic mass is 32.2. The number of benzene rings is 1. The van der Waals surface area contributed by atoms with Gasteiger partial charge in [-0.05, 0) is 19.1 Å². The molecule has 0 aliphatic carbocycles. The summed E-state index contributed by atoms with van der Waals surface area (Å²) in [5.41, 5.74) is 2.67. The zero-order chi connectivity index (χ0) is 20.5. The molecule has 8 nitrogen and oxygen atoms in total. The third-order valence-corrected chi connectivity index (χ3v) is 6.57. The average molecular weight is 430 g/mol. The van der Waals surface area contributed by atoms with Crippen LogP contribution in [0.25, 0.3) is 5.69 Å². The Bertz CT molecular complexity index is 1200. The smallest absolute Gasteiger partial charge is 0.295 e. The summed E-state index contributed by atoms with van der Waals surface area (Å²) in [5, 5.41) is 3.12. The molecular formula is C19H19N5O3S2. The molecule has 3 aromatic rings. The third-order valence-electron chi connectivity index (χ3n) is 4.72. The van der Waals surface area contributed by atoms with Crippen LogP contribution in [0.15, 0.2) is 45.1 Å². The standard InChI is InChI=1S/C19H19N5O3S2/c1-11-16(18(27)24(23(11)2)12-6-4-3-5-7-12)21-15(25)10-29-19-20-14-9-28-8-13(14)17(26)22-19/h3-7H,8-10H2,1-2H3,(H,21,25)(H,20,22,26). The van der Waals surface area contributed by atoms with E-state index in [2.05, 4.69) is 15.3 Å². The van der Waals surface area contributed by atoms with E-state index in [0.717, 1.165) is 23.1 Å².